The van der Waals surface area contributed by atoms with Gasteiger partial charge in [-0.05, 0) is 96.3 Å². The highest BCUT2D eigenvalue weighted by Gasteiger charge is 2.34. The maximum atomic E-state index is 13.9. The van der Waals surface area contributed by atoms with Crippen LogP contribution in [0.3, 0.4) is 0 Å². The number of amides is 4. The zero-order valence-corrected chi connectivity index (χ0v) is 25.2. The fourth-order valence-corrected chi connectivity index (χ4v) is 3.66. The standard InChI is InChI=1S/C29H40F3N5O6/c1-27(2,3)42-25(39)35-13-7-8-18-16-19(37-24(33)38)9-12-23(18)41-20-10-11-22(21(17-20)29(30,31)32)34-14-15-36-26(40)43-28(4,5)6/h9-12,16-17,34H,7-8,13-15H2,1-6H3,(H,35,39)(H,36,40)(H3,33,37,38). The maximum absolute atomic E-state index is 13.9. The van der Waals surface area contributed by atoms with Crippen molar-refractivity contribution in [3.63, 3.8) is 0 Å². The average molecular weight is 612 g/mol. The highest BCUT2D eigenvalue weighted by Crippen LogP contribution is 2.39. The summed E-state index contributed by atoms with van der Waals surface area (Å²) in [6.07, 6.45) is -5.18. The van der Waals surface area contributed by atoms with Crippen molar-refractivity contribution in [2.75, 3.05) is 30.3 Å². The second-order valence-corrected chi connectivity index (χ2v) is 11.5. The van der Waals surface area contributed by atoms with Gasteiger partial charge < -0.3 is 41.2 Å². The second-order valence-electron chi connectivity index (χ2n) is 11.5. The van der Waals surface area contributed by atoms with E-state index in [0.29, 0.717) is 24.1 Å². The Bertz CT molecular complexity index is 1270. The van der Waals surface area contributed by atoms with E-state index in [0.717, 1.165) is 6.07 Å². The molecular weight excluding hydrogens is 571 g/mol. The van der Waals surface area contributed by atoms with Crippen LogP contribution in [0.15, 0.2) is 36.4 Å². The van der Waals surface area contributed by atoms with Crippen molar-refractivity contribution >= 4 is 29.6 Å². The van der Waals surface area contributed by atoms with Crippen molar-refractivity contribution in [2.24, 2.45) is 5.73 Å². The first-order valence-electron chi connectivity index (χ1n) is 13.6. The zero-order chi connectivity index (χ0) is 32.4. The molecule has 11 nitrogen and oxygen atoms in total. The number of carbonyl (C=O) groups is 3. The Balaban J connectivity index is 2.16. The van der Waals surface area contributed by atoms with Crippen LogP contribution in [0.4, 0.5) is 38.9 Å². The Morgan fingerprint density at radius 2 is 1.42 bits per heavy atom. The predicted molar refractivity (Wildman–Crippen MR) is 156 cm³/mol. The highest BCUT2D eigenvalue weighted by atomic mass is 19.4. The molecular formula is C29H40F3N5O6. The molecule has 0 saturated heterocycles. The Hall–Kier alpha value is -4.36. The summed E-state index contributed by atoms with van der Waals surface area (Å²) in [7, 11) is 0. The summed E-state index contributed by atoms with van der Waals surface area (Å²) in [5.74, 6) is 0.177. The number of alkyl carbamates (subject to hydrolysis) is 2. The summed E-state index contributed by atoms with van der Waals surface area (Å²) in [4.78, 5) is 35.0. The third-order valence-corrected chi connectivity index (χ3v) is 5.25. The van der Waals surface area contributed by atoms with E-state index in [1.165, 1.54) is 24.3 Å². The van der Waals surface area contributed by atoms with Gasteiger partial charge in [-0.25, -0.2) is 14.4 Å². The molecule has 0 spiro atoms. The van der Waals surface area contributed by atoms with E-state index in [2.05, 4.69) is 21.3 Å². The fourth-order valence-electron chi connectivity index (χ4n) is 3.66. The van der Waals surface area contributed by atoms with Crippen LogP contribution in [0.5, 0.6) is 11.5 Å². The molecule has 0 radical (unpaired) electrons. The molecule has 0 heterocycles. The number of alkyl halides is 3. The molecule has 238 valence electrons. The minimum atomic E-state index is -4.70. The predicted octanol–water partition coefficient (Wildman–Crippen LogP) is 6.38. The average Bonchev–Trinajstić information content (AvgIpc) is 2.83. The monoisotopic (exact) mass is 611 g/mol. The zero-order valence-electron chi connectivity index (χ0n) is 25.2. The summed E-state index contributed by atoms with van der Waals surface area (Å²) >= 11 is 0. The van der Waals surface area contributed by atoms with Crippen molar-refractivity contribution in [2.45, 2.75) is 71.8 Å². The van der Waals surface area contributed by atoms with Crippen LogP contribution in [-0.4, -0.2) is 49.1 Å². The van der Waals surface area contributed by atoms with Gasteiger partial charge in [0, 0.05) is 31.0 Å². The molecule has 2 aromatic rings. The lowest BCUT2D eigenvalue weighted by Gasteiger charge is -2.20. The van der Waals surface area contributed by atoms with E-state index in [4.69, 9.17) is 19.9 Å². The van der Waals surface area contributed by atoms with Crippen LogP contribution in [0.25, 0.3) is 0 Å². The van der Waals surface area contributed by atoms with E-state index in [9.17, 15) is 27.6 Å². The van der Waals surface area contributed by atoms with Gasteiger partial charge in [-0.15, -0.1) is 0 Å². The quantitative estimate of drug-likeness (QED) is 0.185. The molecule has 0 fully saturated rings. The van der Waals surface area contributed by atoms with Crippen molar-refractivity contribution in [1.29, 1.82) is 0 Å². The smallest absolute Gasteiger partial charge is 0.418 e. The normalized spacial score (nSPS) is 11.7. The number of hydrogen-bond acceptors (Lipinski definition) is 7. The third kappa shape index (κ3) is 13.4. The van der Waals surface area contributed by atoms with Crippen molar-refractivity contribution < 1.29 is 41.8 Å². The van der Waals surface area contributed by atoms with Gasteiger partial charge >= 0.3 is 24.4 Å². The number of carbonyl (C=O) groups excluding carboxylic acids is 3. The Kier molecular flexibility index (Phi) is 11.9. The molecule has 43 heavy (non-hydrogen) atoms. The van der Waals surface area contributed by atoms with Gasteiger partial charge in [-0.2, -0.15) is 13.2 Å². The first kappa shape index (κ1) is 34.8. The van der Waals surface area contributed by atoms with Gasteiger partial charge in [0.05, 0.1) is 5.56 Å². The number of nitrogens with two attached hydrogens (primary N) is 1. The van der Waals surface area contributed by atoms with E-state index < -0.39 is 41.2 Å². The fraction of sp³-hybridized carbons (Fsp3) is 0.483. The van der Waals surface area contributed by atoms with Crippen molar-refractivity contribution in [1.82, 2.24) is 10.6 Å². The van der Waals surface area contributed by atoms with Crippen molar-refractivity contribution in [3.8, 4) is 11.5 Å². The lowest BCUT2D eigenvalue weighted by molar-refractivity contribution is -0.137. The minimum Gasteiger partial charge on any atom is -0.457 e. The number of aryl methyl sites for hydroxylation is 1. The molecule has 6 N–H and O–H groups in total. The Morgan fingerprint density at radius 3 is 1.98 bits per heavy atom. The molecule has 2 aromatic carbocycles. The second kappa shape index (κ2) is 14.7. The highest BCUT2D eigenvalue weighted by molar-refractivity contribution is 5.88. The first-order chi connectivity index (χ1) is 19.8. The number of urea groups is 1. The molecule has 0 atom stereocenters. The molecule has 2 rings (SSSR count). The Morgan fingerprint density at radius 1 is 0.814 bits per heavy atom. The molecule has 4 amide bonds. The lowest BCUT2D eigenvalue weighted by atomic mass is 10.1. The number of benzene rings is 2. The maximum Gasteiger partial charge on any atom is 0.418 e. The number of halogens is 3. The molecule has 0 aliphatic heterocycles. The lowest BCUT2D eigenvalue weighted by Crippen LogP contribution is -2.35. The van der Waals surface area contributed by atoms with Gasteiger partial charge in [0.15, 0.2) is 0 Å². The molecule has 0 aliphatic rings. The molecule has 0 aliphatic carbocycles. The summed E-state index contributed by atoms with van der Waals surface area (Å²) < 4.78 is 58.0. The van der Waals surface area contributed by atoms with Gasteiger partial charge in [0.2, 0.25) is 0 Å². The number of rotatable bonds is 11. The summed E-state index contributed by atoms with van der Waals surface area (Å²) in [5, 5.41) is 10.2. The summed E-state index contributed by atoms with van der Waals surface area (Å²) in [5.41, 5.74) is 3.62. The van der Waals surface area contributed by atoms with Gasteiger partial charge in [-0.3, -0.25) is 0 Å². The molecule has 0 saturated carbocycles. The van der Waals surface area contributed by atoms with E-state index >= 15 is 0 Å². The van der Waals surface area contributed by atoms with Crippen LogP contribution < -0.4 is 31.7 Å². The molecule has 0 aromatic heterocycles. The topological polar surface area (TPSA) is 153 Å². The minimum absolute atomic E-state index is 0.0122. The van der Waals surface area contributed by atoms with Gasteiger partial charge in [0.1, 0.15) is 22.7 Å². The van der Waals surface area contributed by atoms with E-state index in [1.807, 2.05) is 0 Å². The number of hydrogen-bond donors (Lipinski definition) is 5. The third-order valence-electron chi connectivity index (χ3n) is 5.25. The van der Waals surface area contributed by atoms with Crippen molar-refractivity contribution in [3.05, 3.63) is 47.5 Å². The van der Waals surface area contributed by atoms with Crippen LogP contribution in [0.1, 0.15) is 59.1 Å². The first-order valence-corrected chi connectivity index (χ1v) is 13.6. The Labute approximate surface area is 249 Å². The molecule has 0 unspecified atom stereocenters. The number of ether oxygens (including phenoxy) is 3. The van der Waals surface area contributed by atoms with Crippen LogP contribution in [0, 0.1) is 0 Å². The van der Waals surface area contributed by atoms with E-state index in [-0.39, 0.29) is 36.8 Å². The molecule has 14 heteroatoms. The molecule has 0 bridgehead atoms. The summed E-state index contributed by atoms with van der Waals surface area (Å²) in [6, 6.07) is 7.29. The van der Waals surface area contributed by atoms with E-state index in [1.54, 1.807) is 47.6 Å². The van der Waals surface area contributed by atoms with Gasteiger partial charge in [0.25, 0.3) is 0 Å². The SMILES string of the molecule is CC(C)(C)OC(=O)NCCCc1cc(NC(N)=O)ccc1Oc1ccc(NCCNC(=O)OC(C)(C)C)c(C(F)(F)F)c1. The number of anilines is 2. The van der Waals surface area contributed by atoms with Gasteiger partial charge in [-0.1, -0.05) is 0 Å². The number of primary amides is 1. The van der Waals surface area contributed by atoms with Crippen LogP contribution >= 0.6 is 0 Å². The summed E-state index contributed by atoms with van der Waals surface area (Å²) in [6.45, 7) is 10.6. The largest absolute Gasteiger partial charge is 0.457 e. The van der Waals surface area contributed by atoms with Crippen LogP contribution in [0.2, 0.25) is 0 Å². The number of nitrogens with one attached hydrogen (secondary N) is 4. The van der Waals surface area contributed by atoms with Crippen LogP contribution in [-0.2, 0) is 22.1 Å².